The van der Waals surface area contributed by atoms with Gasteiger partial charge in [-0.15, -0.1) is 10.2 Å². The van der Waals surface area contributed by atoms with Crippen molar-refractivity contribution in [2.45, 2.75) is 37.2 Å². The van der Waals surface area contributed by atoms with Crippen LogP contribution in [0.4, 0.5) is 5.95 Å². The number of ether oxygens (including phenoxy) is 1. The number of aromatic nitrogens is 3. The van der Waals surface area contributed by atoms with E-state index in [2.05, 4.69) is 44.0 Å². The van der Waals surface area contributed by atoms with Gasteiger partial charge in [-0.05, 0) is 25.8 Å². The number of rotatable bonds is 8. The molecule has 1 amide bonds. The Balaban J connectivity index is 1.54. The second-order valence-electron chi connectivity index (χ2n) is 6.41. The van der Waals surface area contributed by atoms with E-state index in [0.717, 1.165) is 37.2 Å². The summed E-state index contributed by atoms with van der Waals surface area (Å²) < 4.78 is 7.48. The second kappa shape index (κ2) is 9.75. The molecule has 1 aliphatic rings. The fourth-order valence-electron chi connectivity index (χ4n) is 2.97. The predicted octanol–water partition coefficient (Wildman–Crippen LogP) is 1.97. The molecular weight excluding hydrogens is 362 g/mol. The lowest BCUT2D eigenvalue weighted by atomic mass is 10.1. The third-order valence-corrected chi connectivity index (χ3v) is 5.60. The molecule has 0 aliphatic carbocycles. The van der Waals surface area contributed by atoms with Crippen LogP contribution in [0.2, 0.25) is 0 Å². The average molecular weight is 390 g/mol. The fraction of sp³-hybridized carbons (Fsp3) is 0.526. The van der Waals surface area contributed by atoms with E-state index in [1.54, 1.807) is 0 Å². The van der Waals surface area contributed by atoms with E-state index in [0.29, 0.717) is 19.8 Å². The average Bonchev–Trinajstić information content (AvgIpc) is 3.11. The number of thioether (sulfide) groups is 1. The summed E-state index contributed by atoms with van der Waals surface area (Å²) in [6.07, 6.45) is 0.830. The maximum absolute atomic E-state index is 12.4. The first-order valence-corrected chi connectivity index (χ1v) is 10.3. The molecule has 3 rings (SSSR count). The molecule has 1 saturated heterocycles. The van der Waals surface area contributed by atoms with Crippen molar-refractivity contribution in [3.8, 4) is 0 Å². The Morgan fingerprint density at radius 3 is 2.70 bits per heavy atom. The highest BCUT2D eigenvalue weighted by atomic mass is 32.2. The summed E-state index contributed by atoms with van der Waals surface area (Å²) in [6.45, 7) is 8.43. The zero-order valence-corrected chi connectivity index (χ0v) is 16.7. The van der Waals surface area contributed by atoms with Crippen LogP contribution < -0.4 is 10.2 Å². The van der Waals surface area contributed by atoms with Gasteiger partial charge in [0.1, 0.15) is 0 Å². The van der Waals surface area contributed by atoms with E-state index in [4.69, 9.17) is 4.74 Å². The number of hydrogen-bond donors (Lipinski definition) is 1. The van der Waals surface area contributed by atoms with Gasteiger partial charge in [-0.25, -0.2) is 0 Å². The van der Waals surface area contributed by atoms with Gasteiger partial charge in [-0.2, -0.15) is 0 Å². The lowest BCUT2D eigenvalue weighted by Gasteiger charge is -2.27. The van der Waals surface area contributed by atoms with Crippen LogP contribution in [0.3, 0.4) is 0 Å². The fourth-order valence-corrected chi connectivity index (χ4v) is 3.90. The maximum Gasteiger partial charge on any atom is 0.233 e. The topological polar surface area (TPSA) is 72.3 Å². The van der Waals surface area contributed by atoms with Crippen LogP contribution in [-0.4, -0.2) is 58.8 Å². The number of carbonyl (C=O) groups is 1. The molecule has 1 fully saturated rings. The van der Waals surface area contributed by atoms with Crippen LogP contribution in [-0.2, 0) is 22.5 Å². The molecule has 8 heteroatoms. The molecule has 0 bridgehead atoms. The Labute approximate surface area is 164 Å². The highest BCUT2D eigenvalue weighted by Crippen LogP contribution is 2.26. The Morgan fingerprint density at radius 1 is 1.26 bits per heavy atom. The number of nitrogens with one attached hydrogen (secondary N) is 1. The van der Waals surface area contributed by atoms with Crippen LogP contribution in [0.5, 0.6) is 0 Å². The van der Waals surface area contributed by atoms with Crippen molar-refractivity contribution in [2.24, 2.45) is 0 Å². The monoisotopic (exact) mass is 389 g/mol. The molecule has 0 saturated carbocycles. The zero-order chi connectivity index (χ0) is 19.1. The van der Waals surface area contributed by atoms with Crippen molar-refractivity contribution >= 4 is 23.6 Å². The van der Waals surface area contributed by atoms with E-state index in [1.807, 2.05) is 25.1 Å². The van der Waals surface area contributed by atoms with Gasteiger partial charge in [0.05, 0.1) is 18.5 Å². The molecule has 1 aliphatic heterocycles. The molecule has 1 atom stereocenters. The molecule has 0 radical (unpaired) electrons. The van der Waals surface area contributed by atoms with E-state index in [9.17, 15) is 4.79 Å². The number of carbonyl (C=O) groups excluding carboxylic acids is 1. The molecule has 2 heterocycles. The van der Waals surface area contributed by atoms with Crippen LogP contribution in [0.15, 0.2) is 35.5 Å². The normalized spacial score (nSPS) is 15.6. The molecule has 7 nitrogen and oxygen atoms in total. The summed E-state index contributed by atoms with van der Waals surface area (Å²) in [5.41, 5.74) is 1.22. The first-order valence-electron chi connectivity index (χ1n) is 9.43. The first-order chi connectivity index (χ1) is 13.2. The van der Waals surface area contributed by atoms with Gasteiger partial charge in [0.2, 0.25) is 11.9 Å². The summed E-state index contributed by atoms with van der Waals surface area (Å²) in [6, 6.07) is 10.2. The first kappa shape index (κ1) is 19.7. The van der Waals surface area contributed by atoms with Crippen LogP contribution in [0, 0.1) is 0 Å². The van der Waals surface area contributed by atoms with Crippen molar-refractivity contribution in [3.05, 3.63) is 35.9 Å². The van der Waals surface area contributed by atoms with Crippen molar-refractivity contribution < 1.29 is 9.53 Å². The summed E-state index contributed by atoms with van der Waals surface area (Å²) in [5.74, 6) is 0.884. The molecule has 0 unspecified atom stereocenters. The van der Waals surface area contributed by atoms with E-state index >= 15 is 0 Å². The van der Waals surface area contributed by atoms with Crippen molar-refractivity contribution in [2.75, 3.05) is 37.7 Å². The minimum absolute atomic E-state index is 0.0227. The van der Waals surface area contributed by atoms with Crippen molar-refractivity contribution in [1.82, 2.24) is 20.1 Å². The smallest absolute Gasteiger partial charge is 0.233 e. The third-order valence-electron chi connectivity index (χ3n) is 4.51. The van der Waals surface area contributed by atoms with E-state index in [-0.39, 0.29) is 11.2 Å². The number of anilines is 1. The van der Waals surface area contributed by atoms with Crippen LogP contribution >= 0.6 is 11.8 Å². The molecule has 1 aromatic heterocycles. The quantitative estimate of drug-likeness (QED) is 0.696. The lowest BCUT2D eigenvalue weighted by molar-refractivity contribution is -0.120. The highest BCUT2D eigenvalue weighted by Gasteiger charge is 2.23. The largest absolute Gasteiger partial charge is 0.378 e. The highest BCUT2D eigenvalue weighted by molar-refractivity contribution is 8.00. The SMILES string of the molecule is CCn1c(S[C@@H](C)C(=O)NCCc2ccccc2)nnc1N1CCOCC1. The molecule has 0 spiro atoms. The summed E-state index contributed by atoms with van der Waals surface area (Å²) >= 11 is 1.45. The Hall–Kier alpha value is -2.06. The minimum Gasteiger partial charge on any atom is -0.378 e. The van der Waals surface area contributed by atoms with Gasteiger partial charge in [-0.3, -0.25) is 9.36 Å². The van der Waals surface area contributed by atoms with Gasteiger partial charge < -0.3 is 15.0 Å². The summed E-state index contributed by atoms with van der Waals surface area (Å²) in [7, 11) is 0. The number of morpholine rings is 1. The Kier molecular flexibility index (Phi) is 7.11. The Morgan fingerprint density at radius 2 is 2.00 bits per heavy atom. The molecule has 1 N–H and O–H groups in total. The molecule has 27 heavy (non-hydrogen) atoms. The van der Waals surface area contributed by atoms with Crippen molar-refractivity contribution in [3.63, 3.8) is 0 Å². The summed E-state index contributed by atoms with van der Waals surface area (Å²) in [4.78, 5) is 14.6. The number of benzene rings is 1. The zero-order valence-electron chi connectivity index (χ0n) is 15.9. The molecule has 1 aromatic carbocycles. The lowest BCUT2D eigenvalue weighted by Crippen LogP contribution is -2.38. The van der Waals surface area contributed by atoms with E-state index in [1.165, 1.54) is 17.3 Å². The van der Waals surface area contributed by atoms with Crippen LogP contribution in [0.25, 0.3) is 0 Å². The van der Waals surface area contributed by atoms with Crippen LogP contribution in [0.1, 0.15) is 19.4 Å². The van der Waals surface area contributed by atoms with Gasteiger partial charge >= 0.3 is 0 Å². The number of nitrogens with zero attached hydrogens (tertiary/aromatic N) is 4. The predicted molar refractivity (Wildman–Crippen MR) is 107 cm³/mol. The molecule has 2 aromatic rings. The summed E-state index contributed by atoms with van der Waals surface area (Å²) in [5, 5.41) is 12.2. The Bertz CT molecular complexity index is 731. The van der Waals surface area contributed by atoms with Gasteiger partial charge in [0.15, 0.2) is 5.16 Å². The number of amides is 1. The van der Waals surface area contributed by atoms with Gasteiger partial charge in [-0.1, -0.05) is 42.1 Å². The van der Waals surface area contributed by atoms with Crippen molar-refractivity contribution in [1.29, 1.82) is 0 Å². The van der Waals surface area contributed by atoms with Gasteiger partial charge in [0, 0.05) is 26.2 Å². The second-order valence-corrected chi connectivity index (χ2v) is 7.72. The van der Waals surface area contributed by atoms with E-state index < -0.39 is 0 Å². The third kappa shape index (κ3) is 5.23. The minimum atomic E-state index is -0.229. The molecular formula is C19H27N5O2S. The maximum atomic E-state index is 12.4. The molecule has 146 valence electrons. The standard InChI is InChI=1S/C19H27N5O2S/c1-3-24-18(23-11-13-26-14-12-23)21-22-19(24)27-15(2)17(25)20-10-9-16-7-5-4-6-8-16/h4-8,15H,3,9-14H2,1-2H3,(H,20,25)/t15-/m0/s1. The van der Waals surface area contributed by atoms with Gasteiger partial charge in [0.25, 0.3) is 0 Å². The number of hydrogen-bond acceptors (Lipinski definition) is 6.